The van der Waals surface area contributed by atoms with Crippen molar-refractivity contribution in [2.24, 2.45) is 5.92 Å². The number of para-hydroxylation sites is 2. The lowest BCUT2D eigenvalue weighted by atomic mass is 10.2. The molecule has 2 aromatic rings. The molecule has 0 bridgehead atoms. The van der Waals surface area contributed by atoms with Crippen LogP contribution in [0.15, 0.2) is 34.8 Å². The van der Waals surface area contributed by atoms with E-state index in [1.807, 2.05) is 31.2 Å². The molecule has 5 heteroatoms. The standard InChI is InChI=1S/C14H16N2O3/c1-10(9-17)8-15-13(18)6-7-14-16-11-4-2-3-5-12(11)19-14/h2-7,10,17H,8-9H2,1H3,(H,15,18). The van der Waals surface area contributed by atoms with E-state index >= 15 is 0 Å². The Morgan fingerprint density at radius 3 is 3.05 bits per heavy atom. The van der Waals surface area contributed by atoms with E-state index in [1.165, 1.54) is 12.2 Å². The van der Waals surface area contributed by atoms with E-state index in [2.05, 4.69) is 10.3 Å². The second kappa shape index (κ2) is 6.15. The number of carbonyl (C=O) groups excluding carboxylic acids is 1. The quantitative estimate of drug-likeness (QED) is 0.800. The summed E-state index contributed by atoms with van der Waals surface area (Å²) in [6.45, 7) is 2.34. The molecule has 0 saturated heterocycles. The summed E-state index contributed by atoms with van der Waals surface area (Å²) in [4.78, 5) is 15.7. The van der Waals surface area contributed by atoms with Crippen LogP contribution in [0.3, 0.4) is 0 Å². The Hall–Kier alpha value is -2.14. The first-order chi connectivity index (χ1) is 9.19. The van der Waals surface area contributed by atoms with E-state index in [0.717, 1.165) is 5.52 Å². The molecule has 100 valence electrons. The van der Waals surface area contributed by atoms with Crippen molar-refractivity contribution < 1.29 is 14.3 Å². The SMILES string of the molecule is CC(CO)CNC(=O)C=Cc1nc2ccccc2o1. The Morgan fingerprint density at radius 1 is 1.53 bits per heavy atom. The topological polar surface area (TPSA) is 75.4 Å². The molecule has 1 heterocycles. The number of aliphatic hydroxyl groups is 1. The Labute approximate surface area is 110 Å². The maximum Gasteiger partial charge on any atom is 0.244 e. The van der Waals surface area contributed by atoms with Gasteiger partial charge in [0.05, 0.1) is 0 Å². The molecule has 0 fully saturated rings. The van der Waals surface area contributed by atoms with E-state index in [4.69, 9.17) is 9.52 Å². The van der Waals surface area contributed by atoms with Crippen LogP contribution in [0, 0.1) is 5.92 Å². The predicted molar refractivity (Wildman–Crippen MR) is 72.3 cm³/mol. The monoisotopic (exact) mass is 260 g/mol. The molecule has 0 saturated carbocycles. The van der Waals surface area contributed by atoms with Gasteiger partial charge in [-0.15, -0.1) is 0 Å². The van der Waals surface area contributed by atoms with Crippen LogP contribution in [-0.4, -0.2) is 29.1 Å². The molecule has 0 aliphatic rings. The van der Waals surface area contributed by atoms with E-state index in [1.54, 1.807) is 0 Å². The number of carbonyl (C=O) groups is 1. The average molecular weight is 260 g/mol. The van der Waals surface area contributed by atoms with Gasteiger partial charge in [0.1, 0.15) is 5.52 Å². The molecule has 2 N–H and O–H groups in total. The summed E-state index contributed by atoms with van der Waals surface area (Å²) in [7, 11) is 0. The van der Waals surface area contributed by atoms with Crippen LogP contribution in [0.25, 0.3) is 17.2 Å². The van der Waals surface area contributed by atoms with E-state index < -0.39 is 0 Å². The highest BCUT2D eigenvalue weighted by molar-refractivity contribution is 5.91. The van der Waals surface area contributed by atoms with Gasteiger partial charge in [-0.25, -0.2) is 4.98 Å². The summed E-state index contributed by atoms with van der Waals surface area (Å²) in [6, 6.07) is 7.41. The number of aromatic nitrogens is 1. The summed E-state index contributed by atoms with van der Waals surface area (Å²) in [5.74, 6) is 0.204. The number of hydrogen-bond donors (Lipinski definition) is 2. The first-order valence-corrected chi connectivity index (χ1v) is 6.11. The fourth-order valence-electron chi connectivity index (χ4n) is 1.51. The number of hydrogen-bond acceptors (Lipinski definition) is 4. The zero-order valence-corrected chi connectivity index (χ0v) is 10.7. The van der Waals surface area contributed by atoms with Crippen LogP contribution in [0.2, 0.25) is 0 Å². The average Bonchev–Trinajstić information content (AvgIpc) is 2.85. The first kappa shape index (κ1) is 13.3. The molecule has 1 aromatic carbocycles. The highest BCUT2D eigenvalue weighted by Gasteiger charge is 2.04. The predicted octanol–water partition coefficient (Wildman–Crippen LogP) is 1.59. The number of nitrogens with one attached hydrogen (secondary N) is 1. The molecule has 1 aromatic heterocycles. The van der Waals surface area contributed by atoms with Gasteiger partial charge >= 0.3 is 0 Å². The Balaban J connectivity index is 1.96. The molecule has 1 atom stereocenters. The Bertz CT molecular complexity index is 556. The van der Waals surface area contributed by atoms with Crippen molar-refractivity contribution in [3.05, 3.63) is 36.2 Å². The highest BCUT2D eigenvalue weighted by atomic mass is 16.3. The lowest BCUT2D eigenvalue weighted by Gasteiger charge is -2.06. The Morgan fingerprint density at radius 2 is 2.32 bits per heavy atom. The first-order valence-electron chi connectivity index (χ1n) is 6.11. The van der Waals surface area contributed by atoms with E-state index in [9.17, 15) is 4.79 Å². The second-order valence-electron chi connectivity index (χ2n) is 4.39. The molecule has 1 amide bonds. The van der Waals surface area contributed by atoms with Crippen LogP contribution in [0.4, 0.5) is 0 Å². The number of nitrogens with zero attached hydrogens (tertiary/aromatic N) is 1. The Kier molecular flexibility index (Phi) is 4.30. The van der Waals surface area contributed by atoms with Crippen molar-refractivity contribution in [3.8, 4) is 0 Å². The van der Waals surface area contributed by atoms with Crippen molar-refractivity contribution >= 4 is 23.1 Å². The van der Waals surface area contributed by atoms with Crippen molar-refractivity contribution in [2.45, 2.75) is 6.92 Å². The number of aliphatic hydroxyl groups excluding tert-OH is 1. The summed E-state index contributed by atoms with van der Waals surface area (Å²) >= 11 is 0. The van der Waals surface area contributed by atoms with Gasteiger partial charge in [0, 0.05) is 25.3 Å². The van der Waals surface area contributed by atoms with Crippen molar-refractivity contribution in [3.63, 3.8) is 0 Å². The molecule has 2 rings (SSSR count). The fourth-order valence-corrected chi connectivity index (χ4v) is 1.51. The number of amides is 1. The summed E-state index contributed by atoms with van der Waals surface area (Å²) in [6.07, 6.45) is 2.90. The third kappa shape index (κ3) is 3.66. The lowest BCUT2D eigenvalue weighted by molar-refractivity contribution is -0.116. The molecule has 0 radical (unpaired) electrons. The molecule has 5 nitrogen and oxygen atoms in total. The van der Waals surface area contributed by atoms with Gasteiger partial charge in [0.15, 0.2) is 5.58 Å². The number of oxazole rings is 1. The maximum atomic E-state index is 11.5. The molecular weight excluding hydrogens is 244 g/mol. The summed E-state index contributed by atoms with van der Waals surface area (Å²) in [5.41, 5.74) is 1.45. The molecule has 0 spiro atoms. The van der Waals surface area contributed by atoms with Crippen LogP contribution in [-0.2, 0) is 4.79 Å². The molecule has 0 aliphatic heterocycles. The van der Waals surface area contributed by atoms with Gasteiger partial charge in [-0.05, 0) is 18.1 Å². The molecular formula is C14H16N2O3. The summed E-state index contributed by atoms with van der Waals surface area (Å²) in [5, 5.41) is 11.5. The zero-order valence-electron chi connectivity index (χ0n) is 10.7. The summed E-state index contributed by atoms with van der Waals surface area (Å²) < 4.78 is 5.45. The minimum absolute atomic E-state index is 0.0432. The van der Waals surface area contributed by atoms with Crippen molar-refractivity contribution in [1.82, 2.24) is 10.3 Å². The van der Waals surface area contributed by atoms with Gasteiger partial charge in [0.2, 0.25) is 11.8 Å². The van der Waals surface area contributed by atoms with Crippen molar-refractivity contribution in [2.75, 3.05) is 13.2 Å². The lowest BCUT2D eigenvalue weighted by Crippen LogP contribution is -2.27. The number of fused-ring (bicyclic) bond motifs is 1. The third-order valence-corrected chi connectivity index (χ3v) is 2.62. The van der Waals surface area contributed by atoms with Crippen LogP contribution < -0.4 is 5.32 Å². The molecule has 19 heavy (non-hydrogen) atoms. The van der Waals surface area contributed by atoms with Gasteiger partial charge < -0.3 is 14.8 Å². The minimum atomic E-state index is -0.234. The van der Waals surface area contributed by atoms with Crippen LogP contribution in [0.5, 0.6) is 0 Å². The second-order valence-corrected chi connectivity index (χ2v) is 4.39. The van der Waals surface area contributed by atoms with Gasteiger partial charge in [-0.1, -0.05) is 19.1 Å². The smallest absolute Gasteiger partial charge is 0.244 e. The molecule has 0 aliphatic carbocycles. The minimum Gasteiger partial charge on any atom is -0.437 e. The largest absolute Gasteiger partial charge is 0.437 e. The fraction of sp³-hybridized carbons (Fsp3) is 0.286. The van der Waals surface area contributed by atoms with Gasteiger partial charge in [-0.3, -0.25) is 4.79 Å². The van der Waals surface area contributed by atoms with E-state index in [0.29, 0.717) is 18.0 Å². The highest BCUT2D eigenvalue weighted by Crippen LogP contribution is 2.15. The normalized spacial score (nSPS) is 12.9. The van der Waals surface area contributed by atoms with Crippen LogP contribution >= 0.6 is 0 Å². The van der Waals surface area contributed by atoms with Crippen LogP contribution in [0.1, 0.15) is 12.8 Å². The zero-order chi connectivity index (χ0) is 13.7. The van der Waals surface area contributed by atoms with E-state index in [-0.39, 0.29) is 18.4 Å². The number of benzene rings is 1. The van der Waals surface area contributed by atoms with Gasteiger partial charge in [0.25, 0.3) is 0 Å². The number of rotatable bonds is 5. The maximum absolute atomic E-state index is 11.5. The van der Waals surface area contributed by atoms with Crippen molar-refractivity contribution in [1.29, 1.82) is 0 Å². The molecule has 1 unspecified atom stereocenters. The third-order valence-electron chi connectivity index (χ3n) is 2.62. The van der Waals surface area contributed by atoms with Gasteiger partial charge in [-0.2, -0.15) is 0 Å².